The van der Waals surface area contributed by atoms with Crippen LogP contribution >= 0.6 is 0 Å². The van der Waals surface area contributed by atoms with E-state index < -0.39 is 29.7 Å². The van der Waals surface area contributed by atoms with E-state index in [0.29, 0.717) is 35.5 Å². The number of piperidine rings is 1. The monoisotopic (exact) mass is 546 g/mol. The number of halogens is 4. The fourth-order valence-electron chi connectivity index (χ4n) is 4.94. The van der Waals surface area contributed by atoms with E-state index >= 15 is 0 Å². The molecule has 4 aromatic rings. The van der Waals surface area contributed by atoms with Crippen molar-refractivity contribution in [1.82, 2.24) is 24.5 Å². The van der Waals surface area contributed by atoms with Gasteiger partial charge in [0.25, 0.3) is 6.43 Å². The number of aliphatic hydroxyl groups excluding tert-OH is 1. The second-order valence-corrected chi connectivity index (χ2v) is 9.51. The minimum atomic E-state index is -3.01. The molecule has 1 aliphatic rings. The molecular formula is C25H26F4N8O2. The van der Waals surface area contributed by atoms with Crippen molar-refractivity contribution in [3.8, 4) is 16.9 Å². The zero-order valence-corrected chi connectivity index (χ0v) is 20.9. The van der Waals surface area contributed by atoms with Gasteiger partial charge in [-0.3, -0.25) is 0 Å². The maximum Gasteiger partial charge on any atom is 0.265 e. The molecule has 1 fully saturated rings. The third-order valence-electron chi connectivity index (χ3n) is 6.95. The minimum absolute atomic E-state index is 0.0457. The molecule has 0 aliphatic carbocycles. The van der Waals surface area contributed by atoms with E-state index in [1.54, 1.807) is 15.5 Å². The number of aliphatic hydroxyl groups is 1. The molecule has 0 saturated carbocycles. The van der Waals surface area contributed by atoms with Crippen molar-refractivity contribution in [3.05, 3.63) is 54.2 Å². The lowest BCUT2D eigenvalue weighted by atomic mass is 9.84. The number of nitrogens with two attached hydrogens (primary N) is 2. The highest BCUT2D eigenvalue weighted by Crippen LogP contribution is 2.34. The van der Waals surface area contributed by atoms with Gasteiger partial charge in [-0.05, 0) is 25.0 Å². The van der Waals surface area contributed by atoms with E-state index in [9.17, 15) is 22.7 Å². The van der Waals surface area contributed by atoms with E-state index in [1.165, 1.54) is 26.0 Å². The molecule has 206 valence electrons. The summed E-state index contributed by atoms with van der Waals surface area (Å²) in [6, 6.07) is 3.58. The van der Waals surface area contributed by atoms with Gasteiger partial charge in [0.05, 0.1) is 25.5 Å². The predicted octanol–water partition coefficient (Wildman–Crippen LogP) is 2.73. The van der Waals surface area contributed by atoms with Gasteiger partial charge in [0.2, 0.25) is 0 Å². The molecule has 0 radical (unpaired) electrons. The van der Waals surface area contributed by atoms with Crippen LogP contribution in [0.5, 0.6) is 5.75 Å². The number of ether oxygens (including phenoxy) is 1. The Morgan fingerprint density at radius 3 is 2.67 bits per heavy atom. The molecule has 3 aromatic heterocycles. The standard InChI is InChI=1S/C25H26F4N8O2/c1-39-18-7-16(26)15(6-17(18)27)13-5-14(9-37-12-35-19-22(30)33-11-34-24(19)37)23(32-8-13)36-4-2-3-25(31,10-36)20(38)21(28)29/h5-8,11-12,20-21,38H,2-4,9-10,31H2,1H3,(H2,30,33,34)/t20-,25+/m0/s1. The summed E-state index contributed by atoms with van der Waals surface area (Å²) in [5, 5.41) is 10.1. The number of nitrogen functional groups attached to an aromatic ring is 1. The number of hydrogen-bond acceptors (Lipinski definition) is 9. The first-order valence-corrected chi connectivity index (χ1v) is 12.0. The number of hydrogen-bond donors (Lipinski definition) is 3. The molecule has 1 aliphatic heterocycles. The average molecular weight is 547 g/mol. The number of nitrogens with zero attached hydrogens (tertiary/aromatic N) is 6. The molecule has 14 heteroatoms. The maximum absolute atomic E-state index is 14.9. The molecule has 0 amide bonds. The first kappa shape index (κ1) is 26.6. The Labute approximate surface area is 220 Å². The number of benzene rings is 1. The lowest BCUT2D eigenvalue weighted by Crippen LogP contribution is -2.63. The molecule has 39 heavy (non-hydrogen) atoms. The van der Waals surface area contributed by atoms with Crippen LogP contribution in [-0.4, -0.2) is 67.9 Å². The average Bonchev–Trinajstić information content (AvgIpc) is 3.33. The summed E-state index contributed by atoms with van der Waals surface area (Å²) in [6.45, 7) is 0.456. The van der Waals surface area contributed by atoms with Gasteiger partial charge in [0.15, 0.2) is 23.0 Å². The number of anilines is 2. The number of rotatable bonds is 7. The Kier molecular flexibility index (Phi) is 6.99. The zero-order chi connectivity index (χ0) is 27.9. The van der Waals surface area contributed by atoms with E-state index in [1.807, 2.05) is 0 Å². The summed E-state index contributed by atoms with van der Waals surface area (Å²) in [7, 11) is 1.23. The van der Waals surface area contributed by atoms with Gasteiger partial charge in [0, 0.05) is 42.0 Å². The quantitative estimate of drug-likeness (QED) is 0.298. The van der Waals surface area contributed by atoms with E-state index in [2.05, 4.69) is 19.9 Å². The van der Waals surface area contributed by atoms with Crippen LogP contribution < -0.4 is 21.1 Å². The van der Waals surface area contributed by atoms with Crippen LogP contribution in [0.2, 0.25) is 0 Å². The second-order valence-electron chi connectivity index (χ2n) is 9.51. The summed E-state index contributed by atoms with van der Waals surface area (Å²) in [4.78, 5) is 18.7. The number of fused-ring (bicyclic) bond motifs is 1. The first-order chi connectivity index (χ1) is 18.6. The smallest absolute Gasteiger partial charge is 0.265 e. The SMILES string of the molecule is COc1cc(F)c(-c2cnc(N3CCC[C@](N)([C@@H](O)C(F)F)C3)c(Cn3cnc4c(N)ncnc43)c2)cc1F. The van der Waals surface area contributed by atoms with Gasteiger partial charge in [0.1, 0.15) is 29.6 Å². The largest absolute Gasteiger partial charge is 0.494 e. The van der Waals surface area contributed by atoms with E-state index in [0.717, 1.165) is 12.1 Å². The molecule has 5 N–H and O–H groups in total. The third-order valence-corrected chi connectivity index (χ3v) is 6.95. The predicted molar refractivity (Wildman–Crippen MR) is 135 cm³/mol. The topological polar surface area (TPSA) is 141 Å². The Hall–Kier alpha value is -4.04. The van der Waals surface area contributed by atoms with Gasteiger partial charge < -0.3 is 30.8 Å². The summed E-state index contributed by atoms with van der Waals surface area (Å²) >= 11 is 0. The molecule has 4 heterocycles. The highest BCUT2D eigenvalue weighted by Gasteiger charge is 2.43. The number of methoxy groups -OCH3 is 1. The van der Waals surface area contributed by atoms with Crippen molar-refractivity contribution in [2.75, 3.05) is 30.8 Å². The van der Waals surface area contributed by atoms with Crippen molar-refractivity contribution in [3.63, 3.8) is 0 Å². The van der Waals surface area contributed by atoms with Crippen LogP contribution in [0, 0.1) is 11.6 Å². The molecule has 2 atom stereocenters. The highest BCUT2D eigenvalue weighted by atomic mass is 19.3. The van der Waals surface area contributed by atoms with Gasteiger partial charge in [-0.25, -0.2) is 37.5 Å². The number of imidazole rings is 1. The molecule has 10 nitrogen and oxygen atoms in total. The maximum atomic E-state index is 14.9. The summed E-state index contributed by atoms with van der Waals surface area (Å²) in [6.07, 6.45) is -0.257. The number of alkyl halides is 2. The van der Waals surface area contributed by atoms with Crippen LogP contribution in [0.3, 0.4) is 0 Å². The van der Waals surface area contributed by atoms with Gasteiger partial charge in [-0.1, -0.05) is 0 Å². The van der Waals surface area contributed by atoms with Crippen LogP contribution in [-0.2, 0) is 6.54 Å². The fraction of sp³-hybridized carbons (Fsp3) is 0.360. The molecule has 0 spiro atoms. The number of aromatic nitrogens is 5. The fourth-order valence-corrected chi connectivity index (χ4v) is 4.94. The van der Waals surface area contributed by atoms with Crippen LogP contribution in [0.4, 0.5) is 29.2 Å². The molecule has 5 rings (SSSR count). The molecule has 1 saturated heterocycles. The first-order valence-electron chi connectivity index (χ1n) is 12.0. The second kappa shape index (κ2) is 10.3. The molecular weight excluding hydrogens is 520 g/mol. The van der Waals surface area contributed by atoms with Crippen molar-refractivity contribution < 1.29 is 27.4 Å². The lowest BCUT2D eigenvalue weighted by molar-refractivity contribution is -0.0529. The lowest BCUT2D eigenvalue weighted by Gasteiger charge is -2.43. The van der Waals surface area contributed by atoms with Crippen molar-refractivity contribution >= 4 is 22.8 Å². The molecule has 0 bridgehead atoms. The van der Waals surface area contributed by atoms with Crippen molar-refractivity contribution in [2.24, 2.45) is 5.73 Å². The van der Waals surface area contributed by atoms with Crippen LogP contribution in [0.1, 0.15) is 18.4 Å². The van der Waals surface area contributed by atoms with Crippen molar-refractivity contribution in [1.29, 1.82) is 0 Å². The van der Waals surface area contributed by atoms with E-state index in [-0.39, 0.29) is 42.2 Å². The zero-order valence-electron chi connectivity index (χ0n) is 20.9. The van der Waals surface area contributed by atoms with Gasteiger partial charge in [-0.15, -0.1) is 0 Å². The Morgan fingerprint density at radius 2 is 1.92 bits per heavy atom. The van der Waals surface area contributed by atoms with E-state index in [4.69, 9.17) is 16.2 Å². The Bertz CT molecular complexity index is 1520. The normalized spacial score (nSPS) is 18.6. The summed E-state index contributed by atoms with van der Waals surface area (Å²) in [5.41, 5.74) is 12.1. The highest BCUT2D eigenvalue weighted by molar-refractivity contribution is 5.81. The Morgan fingerprint density at radius 1 is 1.13 bits per heavy atom. The van der Waals surface area contributed by atoms with Crippen molar-refractivity contribution in [2.45, 2.75) is 37.5 Å². The number of pyridine rings is 1. The third kappa shape index (κ3) is 4.92. The summed E-state index contributed by atoms with van der Waals surface area (Å²) in [5.74, 6) is -1.15. The molecule has 0 unspecified atom stereocenters. The van der Waals surface area contributed by atoms with Gasteiger partial charge in [-0.2, -0.15) is 0 Å². The summed E-state index contributed by atoms with van der Waals surface area (Å²) < 4.78 is 62.7. The Balaban J connectivity index is 1.60. The molecule has 1 aromatic carbocycles. The minimum Gasteiger partial charge on any atom is -0.494 e. The van der Waals surface area contributed by atoms with Crippen LogP contribution in [0.15, 0.2) is 37.1 Å². The van der Waals surface area contributed by atoms with Gasteiger partial charge >= 0.3 is 0 Å². The van der Waals surface area contributed by atoms with Crippen LogP contribution in [0.25, 0.3) is 22.3 Å².